The molecule has 1 atom stereocenters. The Kier molecular flexibility index (Phi) is 7.00. The van der Waals surface area contributed by atoms with Crippen LogP contribution in [0.5, 0.6) is 11.5 Å². The minimum absolute atomic E-state index is 0.0431. The van der Waals surface area contributed by atoms with Crippen LogP contribution in [0.15, 0.2) is 18.2 Å². The smallest absolute Gasteiger partial charge is 0.308 e. The van der Waals surface area contributed by atoms with Gasteiger partial charge in [0.1, 0.15) is 0 Å². The molecular weight excluding hydrogens is 338 g/mol. The number of benzene rings is 1. The van der Waals surface area contributed by atoms with Gasteiger partial charge >= 0.3 is 5.97 Å². The van der Waals surface area contributed by atoms with Gasteiger partial charge in [0.15, 0.2) is 17.3 Å². The number of aliphatic carboxylic acids is 1. The highest BCUT2D eigenvalue weighted by Crippen LogP contribution is 2.28. The maximum absolute atomic E-state index is 12.2. The summed E-state index contributed by atoms with van der Waals surface area (Å²) in [6.45, 7) is 2.72. The third kappa shape index (κ3) is 5.21. The number of nitrogens with zero attached hydrogens (tertiary/aromatic N) is 1. The number of rotatable bonds is 8. The number of Topliss-reactive ketones (excluding diaryl/α,β-unsaturated/α-hetero) is 1. The molecule has 0 saturated carbocycles. The number of carboxylic acid groups (broad SMARTS) is 1. The number of hydrogen-bond donors (Lipinski definition) is 1. The molecule has 1 aromatic carbocycles. The van der Waals surface area contributed by atoms with Crippen molar-refractivity contribution in [1.29, 1.82) is 0 Å². The molecule has 7 heteroatoms. The van der Waals surface area contributed by atoms with Gasteiger partial charge in [0.05, 0.1) is 19.6 Å². The van der Waals surface area contributed by atoms with E-state index < -0.39 is 11.9 Å². The second-order valence-electron chi connectivity index (χ2n) is 6.39. The molecule has 1 fully saturated rings. The normalized spacial score (nSPS) is 16.8. The average molecular weight is 363 g/mol. The number of hydrogen-bond acceptors (Lipinski definition) is 5. The third-order valence-electron chi connectivity index (χ3n) is 4.49. The Hall–Kier alpha value is -2.57. The van der Waals surface area contributed by atoms with Crippen molar-refractivity contribution in [2.45, 2.75) is 32.6 Å². The lowest BCUT2D eigenvalue weighted by Crippen LogP contribution is -2.42. The largest absolute Gasteiger partial charge is 0.493 e. The lowest BCUT2D eigenvalue weighted by atomic mass is 9.98. The van der Waals surface area contributed by atoms with E-state index >= 15 is 0 Å². The van der Waals surface area contributed by atoms with Gasteiger partial charge in [-0.15, -0.1) is 0 Å². The summed E-state index contributed by atoms with van der Waals surface area (Å²) in [5.74, 6) is -0.404. The number of carbonyl (C=O) groups is 3. The zero-order chi connectivity index (χ0) is 19.1. The van der Waals surface area contributed by atoms with Crippen LogP contribution in [0.25, 0.3) is 0 Å². The Balaban J connectivity index is 1.80. The molecule has 0 bridgehead atoms. The second kappa shape index (κ2) is 9.22. The van der Waals surface area contributed by atoms with Crippen LogP contribution < -0.4 is 9.47 Å². The summed E-state index contributed by atoms with van der Waals surface area (Å²) in [6, 6.07) is 4.98. The van der Waals surface area contributed by atoms with Gasteiger partial charge in [-0.25, -0.2) is 0 Å². The van der Waals surface area contributed by atoms with Gasteiger partial charge in [0, 0.05) is 25.1 Å². The molecule has 2 rings (SSSR count). The molecule has 0 radical (unpaired) electrons. The lowest BCUT2D eigenvalue weighted by molar-refractivity contribution is -0.145. The second-order valence-corrected chi connectivity index (χ2v) is 6.39. The van der Waals surface area contributed by atoms with Crippen molar-refractivity contribution >= 4 is 17.7 Å². The number of ether oxygens (including phenoxy) is 2. The molecule has 142 valence electrons. The summed E-state index contributed by atoms with van der Waals surface area (Å²) in [6.07, 6.45) is 2.17. The minimum Gasteiger partial charge on any atom is -0.493 e. The number of carbonyl (C=O) groups excluding carboxylic acids is 2. The molecule has 0 aliphatic carbocycles. The summed E-state index contributed by atoms with van der Waals surface area (Å²) in [5, 5.41) is 9.09. The summed E-state index contributed by atoms with van der Waals surface area (Å²) in [7, 11) is 1.50. The monoisotopic (exact) mass is 363 g/mol. The maximum atomic E-state index is 12.2. The average Bonchev–Trinajstić information content (AvgIpc) is 2.64. The molecule has 1 heterocycles. The van der Waals surface area contributed by atoms with Crippen molar-refractivity contribution in [1.82, 2.24) is 4.90 Å². The summed E-state index contributed by atoms with van der Waals surface area (Å²) in [5.41, 5.74) is 0.544. The fraction of sp³-hybridized carbons (Fsp3) is 0.526. The summed E-state index contributed by atoms with van der Waals surface area (Å²) in [4.78, 5) is 36.3. The first-order valence-corrected chi connectivity index (χ1v) is 8.74. The van der Waals surface area contributed by atoms with Crippen molar-refractivity contribution < 1.29 is 29.0 Å². The van der Waals surface area contributed by atoms with Crippen LogP contribution in [0.3, 0.4) is 0 Å². The van der Waals surface area contributed by atoms with E-state index in [1.54, 1.807) is 23.1 Å². The van der Waals surface area contributed by atoms with E-state index in [2.05, 4.69) is 0 Å². The minimum atomic E-state index is -0.841. The van der Waals surface area contributed by atoms with Crippen LogP contribution in [0.1, 0.15) is 43.0 Å². The Labute approximate surface area is 152 Å². The van der Waals surface area contributed by atoms with Crippen LogP contribution in [0, 0.1) is 5.92 Å². The van der Waals surface area contributed by atoms with Crippen LogP contribution in [-0.4, -0.2) is 54.5 Å². The number of ketones is 1. The first-order chi connectivity index (χ1) is 12.4. The van der Waals surface area contributed by atoms with Gasteiger partial charge in [-0.05, 0) is 44.4 Å². The van der Waals surface area contributed by atoms with Gasteiger partial charge in [0.2, 0.25) is 5.91 Å². The molecular formula is C19H25NO6. The number of likely N-dealkylation sites (tertiary alicyclic amines) is 1. The van der Waals surface area contributed by atoms with Crippen molar-refractivity contribution in [3.63, 3.8) is 0 Å². The number of carboxylic acids is 1. The van der Waals surface area contributed by atoms with Crippen LogP contribution in [0.2, 0.25) is 0 Å². The number of amides is 1. The standard InChI is InChI=1S/C19H25NO6/c1-13(21)14-7-8-16(17(11-14)25-2)26-10-4-6-18(22)20-9-3-5-15(12-20)19(23)24/h7-8,11,15H,3-6,9-10,12H2,1-2H3,(H,23,24). The van der Waals surface area contributed by atoms with E-state index in [0.29, 0.717) is 49.5 Å². The predicted octanol–water partition coefficient (Wildman–Crippen LogP) is 2.38. The molecule has 26 heavy (non-hydrogen) atoms. The van der Waals surface area contributed by atoms with Gasteiger partial charge in [0.25, 0.3) is 0 Å². The Morgan fingerprint density at radius 3 is 2.69 bits per heavy atom. The first-order valence-electron chi connectivity index (χ1n) is 8.74. The number of methoxy groups -OCH3 is 1. The van der Waals surface area contributed by atoms with E-state index in [0.717, 1.165) is 6.42 Å². The molecule has 1 aromatic rings. The Bertz CT molecular complexity index is 672. The number of piperidine rings is 1. The maximum Gasteiger partial charge on any atom is 0.308 e. The zero-order valence-corrected chi connectivity index (χ0v) is 15.2. The van der Waals surface area contributed by atoms with E-state index in [1.807, 2.05) is 0 Å². The van der Waals surface area contributed by atoms with Gasteiger partial charge in [-0.2, -0.15) is 0 Å². The van der Waals surface area contributed by atoms with Crippen LogP contribution in [-0.2, 0) is 9.59 Å². The van der Waals surface area contributed by atoms with E-state index in [9.17, 15) is 14.4 Å². The summed E-state index contributed by atoms with van der Waals surface area (Å²) < 4.78 is 10.9. The highest BCUT2D eigenvalue weighted by molar-refractivity contribution is 5.94. The van der Waals surface area contributed by atoms with E-state index in [4.69, 9.17) is 14.6 Å². The Morgan fingerprint density at radius 2 is 2.04 bits per heavy atom. The molecule has 7 nitrogen and oxygen atoms in total. The van der Waals surface area contributed by atoms with Crippen LogP contribution in [0.4, 0.5) is 0 Å². The highest BCUT2D eigenvalue weighted by Gasteiger charge is 2.27. The van der Waals surface area contributed by atoms with Gasteiger partial charge < -0.3 is 19.5 Å². The van der Waals surface area contributed by atoms with Gasteiger partial charge in [-0.3, -0.25) is 14.4 Å². The fourth-order valence-electron chi connectivity index (χ4n) is 2.97. The quantitative estimate of drug-likeness (QED) is 0.563. The lowest BCUT2D eigenvalue weighted by Gasteiger charge is -2.30. The molecule has 1 unspecified atom stereocenters. The molecule has 1 saturated heterocycles. The third-order valence-corrected chi connectivity index (χ3v) is 4.49. The summed E-state index contributed by atoms with van der Waals surface area (Å²) >= 11 is 0. The predicted molar refractivity (Wildman–Crippen MR) is 94.7 cm³/mol. The SMILES string of the molecule is COc1cc(C(C)=O)ccc1OCCCC(=O)N1CCCC(C(=O)O)C1. The fourth-order valence-corrected chi connectivity index (χ4v) is 2.97. The van der Waals surface area contributed by atoms with E-state index in [-0.39, 0.29) is 18.2 Å². The topological polar surface area (TPSA) is 93.1 Å². The molecule has 0 aromatic heterocycles. The Morgan fingerprint density at radius 1 is 1.27 bits per heavy atom. The van der Waals surface area contributed by atoms with E-state index in [1.165, 1.54) is 14.0 Å². The van der Waals surface area contributed by atoms with Gasteiger partial charge in [-0.1, -0.05) is 0 Å². The first kappa shape index (κ1) is 19.8. The molecule has 1 aliphatic heterocycles. The van der Waals surface area contributed by atoms with Crippen LogP contribution >= 0.6 is 0 Å². The van der Waals surface area contributed by atoms with Crippen molar-refractivity contribution in [3.8, 4) is 11.5 Å². The van der Waals surface area contributed by atoms with Crippen molar-refractivity contribution in [3.05, 3.63) is 23.8 Å². The zero-order valence-electron chi connectivity index (χ0n) is 15.2. The molecule has 1 aliphatic rings. The van der Waals surface area contributed by atoms with Crippen molar-refractivity contribution in [2.75, 3.05) is 26.8 Å². The van der Waals surface area contributed by atoms with Crippen molar-refractivity contribution in [2.24, 2.45) is 5.92 Å². The molecule has 1 N–H and O–H groups in total. The molecule has 1 amide bonds. The molecule has 0 spiro atoms. The highest BCUT2D eigenvalue weighted by atomic mass is 16.5.